The molecule has 0 aliphatic rings. The van der Waals surface area contributed by atoms with Crippen molar-refractivity contribution in [2.24, 2.45) is 0 Å². The number of aromatic nitrogens is 3. The molecule has 2 heterocycles. The molecular formula is C15H21N5O. The Morgan fingerprint density at radius 2 is 1.86 bits per heavy atom. The summed E-state index contributed by atoms with van der Waals surface area (Å²) in [6.45, 7) is 5.58. The molecule has 2 rings (SSSR count). The first-order valence-electron chi connectivity index (χ1n) is 7.09. The largest absolute Gasteiger partial charge is 0.481 e. The predicted molar refractivity (Wildman–Crippen MR) is 83.7 cm³/mol. The Labute approximate surface area is 125 Å². The van der Waals surface area contributed by atoms with Gasteiger partial charge >= 0.3 is 0 Å². The van der Waals surface area contributed by atoms with E-state index < -0.39 is 0 Å². The van der Waals surface area contributed by atoms with E-state index in [0.29, 0.717) is 12.4 Å². The third kappa shape index (κ3) is 4.30. The van der Waals surface area contributed by atoms with Gasteiger partial charge in [0.25, 0.3) is 0 Å². The molecule has 6 heteroatoms. The van der Waals surface area contributed by atoms with E-state index in [1.165, 1.54) is 0 Å². The molecule has 0 aliphatic heterocycles. The van der Waals surface area contributed by atoms with E-state index in [0.717, 1.165) is 36.0 Å². The monoisotopic (exact) mass is 287 g/mol. The molecular weight excluding hydrogens is 266 g/mol. The van der Waals surface area contributed by atoms with Crippen molar-refractivity contribution in [3.63, 3.8) is 0 Å². The van der Waals surface area contributed by atoms with Gasteiger partial charge in [0.05, 0.1) is 7.11 Å². The van der Waals surface area contributed by atoms with Crippen LogP contribution < -0.4 is 15.4 Å². The van der Waals surface area contributed by atoms with E-state index in [4.69, 9.17) is 4.74 Å². The van der Waals surface area contributed by atoms with Crippen molar-refractivity contribution in [1.82, 2.24) is 15.0 Å². The number of pyridine rings is 1. The van der Waals surface area contributed by atoms with Gasteiger partial charge in [0.2, 0.25) is 5.88 Å². The number of ether oxygens (including phenoxy) is 1. The second-order valence-corrected chi connectivity index (χ2v) is 4.50. The van der Waals surface area contributed by atoms with Crippen LogP contribution in [0.5, 0.6) is 5.88 Å². The van der Waals surface area contributed by atoms with Crippen LogP contribution in [-0.4, -0.2) is 28.6 Å². The quantitative estimate of drug-likeness (QED) is 0.815. The van der Waals surface area contributed by atoms with Gasteiger partial charge in [0.1, 0.15) is 17.5 Å². The van der Waals surface area contributed by atoms with Crippen LogP contribution in [0.2, 0.25) is 0 Å². The molecule has 2 N–H and O–H groups in total. The third-order valence-electron chi connectivity index (χ3n) is 2.93. The maximum atomic E-state index is 5.12. The van der Waals surface area contributed by atoms with E-state index in [1.807, 2.05) is 32.0 Å². The molecule has 0 saturated heterocycles. The highest BCUT2D eigenvalue weighted by molar-refractivity contribution is 5.48. The Morgan fingerprint density at radius 1 is 1.10 bits per heavy atom. The number of rotatable bonds is 7. The summed E-state index contributed by atoms with van der Waals surface area (Å²) in [5, 5.41) is 6.53. The fraction of sp³-hybridized carbons (Fsp3) is 0.400. The molecule has 6 nitrogen and oxygen atoms in total. The number of nitrogens with zero attached hydrogens (tertiary/aromatic N) is 3. The minimum Gasteiger partial charge on any atom is -0.481 e. The Balaban J connectivity index is 2.09. The summed E-state index contributed by atoms with van der Waals surface area (Å²) in [7, 11) is 1.61. The first-order chi connectivity index (χ1) is 10.2. The smallest absolute Gasteiger partial charge is 0.213 e. The zero-order valence-electron chi connectivity index (χ0n) is 12.7. The van der Waals surface area contributed by atoms with Gasteiger partial charge in [-0.25, -0.2) is 15.0 Å². The van der Waals surface area contributed by atoms with Crippen molar-refractivity contribution in [2.45, 2.75) is 26.8 Å². The molecule has 0 amide bonds. The zero-order valence-corrected chi connectivity index (χ0v) is 12.7. The van der Waals surface area contributed by atoms with Crippen molar-refractivity contribution < 1.29 is 4.74 Å². The van der Waals surface area contributed by atoms with Crippen molar-refractivity contribution in [3.05, 3.63) is 35.8 Å². The lowest BCUT2D eigenvalue weighted by Gasteiger charge is -2.10. The van der Waals surface area contributed by atoms with Crippen molar-refractivity contribution in [3.8, 4) is 5.88 Å². The first kappa shape index (κ1) is 15.0. The SMILES string of the molecule is CCNc1cc(NCc2ccnc(OC)c2)nc(CC)n1. The maximum absolute atomic E-state index is 5.12. The van der Waals surface area contributed by atoms with Gasteiger partial charge in [0.15, 0.2) is 0 Å². The summed E-state index contributed by atoms with van der Waals surface area (Å²) in [5.41, 5.74) is 1.09. The van der Waals surface area contributed by atoms with Crippen LogP contribution in [0.3, 0.4) is 0 Å². The topological polar surface area (TPSA) is 72.0 Å². The fourth-order valence-electron chi connectivity index (χ4n) is 1.88. The van der Waals surface area contributed by atoms with Gasteiger partial charge < -0.3 is 15.4 Å². The van der Waals surface area contributed by atoms with Crippen LogP contribution in [-0.2, 0) is 13.0 Å². The van der Waals surface area contributed by atoms with E-state index in [-0.39, 0.29) is 0 Å². The predicted octanol–water partition coefficient (Wildman–Crippen LogP) is 2.49. The van der Waals surface area contributed by atoms with Crippen LogP contribution in [0.25, 0.3) is 0 Å². The Kier molecular flexibility index (Phi) is 5.31. The van der Waals surface area contributed by atoms with E-state index in [9.17, 15) is 0 Å². The number of hydrogen-bond donors (Lipinski definition) is 2. The molecule has 0 saturated carbocycles. The average molecular weight is 287 g/mol. The van der Waals surface area contributed by atoms with Crippen LogP contribution in [0.4, 0.5) is 11.6 Å². The second kappa shape index (κ2) is 7.42. The molecule has 2 aromatic rings. The Hall–Kier alpha value is -2.37. The summed E-state index contributed by atoms with van der Waals surface area (Å²) in [5.74, 6) is 3.09. The van der Waals surface area contributed by atoms with E-state index in [2.05, 4.69) is 25.6 Å². The third-order valence-corrected chi connectivity index (χ3v) is 2.93. The molecule has 0 fully saturated rings. The summed E-state index contributed by atoms with van der Waals surface area (Å²) in [6.07, 6.45) is 2.54. The molecule has 2 aromatic heterocycles. The van der Waals surface area contributed by atoms with Gasteiger partial charge in [-0.05, 0) is 18.6 Å². The lowest BCUT2D eigenvalue weighted by atomic mass is 10.2. The molecule has 112 valence electrons. The Morgan fingerprint density at radius 3 is 2.52 bits per heavy atom. The lowest BCUT2D eigenvalue weighted by Crippen LogP contribution is -2.08. The summed E-state index contributed by atoms with van der Waals surface area (Å²) >= 11 is 0. The average Bonchev–Trinajstić information content (AvgIpc) is 2.53. The van der Waals surface area contributed by atoms with Gasteiger partial charge in [-0.1, -0.05) is 6.92 Å². The van der Waals surface area contributed by atoms with Crippen LogP contribution in [0, 0.1) is 0 Å². The Bertz CT molecular complexity index is 588. The maximum Gasteiger partial charge on any atom is 0.213 e. The van der Waals surface area contributed by atoms with Gasteiger partial charge in [0, 0.05) is 37.8 Å². The summed E-state index contributed by atoms with van der Waals surface area (Å²) in [6, 6.07) is 5.77. The van der Waals surface area contributed by atoms with Crippen LogP contribution in [0.15, 0.2) is 24.4 Å². The number of aryl methyl sites for hydroxylation is 1. The number of hydrogen-bond acceptors (Lipinski definition) is 6. The normalized spacial score (nSPS) is 10.2. The number of methoxy groups -OCH3 is 1. The number of nitrogens with one attached hydrogen (secondary N) is 2. The molecule has 0 atom stereocenters. The first-order valence-corrected chi connectivity index (χ1v) is 7.09. The summed E-state index contributed by atoms with van der Waals surface area (Å²) in [4.78, 5) is 13.0. The molecule has 21 heavy (non-hydrogen) atoms. The van der Waals surface area contributed by atoms with Gasteiger partial charge in [-0.15, -0.1) is 0 Å². The highest BCUT2D eigenvalue weighted by Crippen LogP contribution is 2.14. The fourth-order valence-corrected chi connectivity index (χ4v) is 1.88. The van der Waals surface area contributed by atoms with Crippen LogP contribution in [0.1, 0.15) is 25.2 Å². The van der Waals surface area contributed by atoms with Gasteiger partial charge in [-0.2, -0.15) is 0 Å². The van der Waals surface area contributed by atoms with Crippen LogP contribution >= 0.6 is 0 Å². The molecule has 0 aliphatic carbocycles. The lowest BCUT2D eigenvalue weighted by molar-refractivity contribution is 0.397. The summed E-state index contributed by atoms with van der Waals surface area (Å²) < 4.78 is 5.12. The highest BCUT2D eigenvalue weighted by Gasteiger charge is 2.03. The second-order valence-electron chi connectivity index (χ2n) is 4.50. The zero-order chi connectivity index (χ0) is 15.1. The molecule has 0 aromatic carbocycles. The molecule has 0 unspecified atom stereocenters. The van der Waals surface area contributed by atoms with E-state index >= 15 is 0 Å². The van der Waals surface area contributed by atoms with Crippen molar-refractivity contribution in [1.29, 1.82) is 0 Å². The van der Waals surface area contributed by atoms with E-state index in [1.54, 1.807) is 13.3 Å². The minimum absolute atomic E-state index is 0.611. The molecule has 0 radical (unpaired) electrons. The highest BCUT2D eigenvalue weighted by atomic mass is 16.5. The van der Waals surface area contributed by atoms with Crippen molar-refractivity contribution >= 4 is 11.6 Å². The molecule has 0 bridgehead atoms. The molecule has 0 spiro atoms. The standard InChI is InChI=1S/C15H21N5O/c1-4-12-19-13(16-5-2)9-14(20-12)18-10-11-6-7-17-15(8-11)21-3/h6-9H,4-5,10H2,1-3H3,(H2,16,18,19,20). The van der Waals surface area contributed by atoms with Crippen molar-refractivity contribution in [2.75, 3.05) is 24.3 Å². The minimum atomic E-state index is 0.611. The number of anilines is 2. The van der Waals surface area contributed by atoms with Gasteiger partial charge in [-0.3, -0.25) is 0 Å².